The van der Waals surface area contributed by atoms with E-state index in [2.05, 4.69) is 32.3 Å². The summed E-state index contributed by atoms with van der Waals surface area (Å²) in [5.74, 6) is 1.82. The second kappa shape index (κ2) is 5.96. The fourth-order valence-electron chi connectivity index (χ4n) is 5.93. The van der Waals surface area contributed by atoms with Crippen LogP contribution in [-0.4, -0.2) is 43.9 Å². The molecule has 1 amide bonds. The Balaban J connectivity index is 1.26. The third-order valence-corrected chi connectivity index (χ3v) is 7.24. The van der Waals surface area contributed by atoms with Crippen LogP contribution in [0.25, 0.3) is 0 Å². The molecule has 2 aromatic rings. The number of aromatic amines is 1. The lowest BCUT2D eigenvalue weighted by atomic mass is 9.58. The Labute approximate surface area is 154 Å². The quantitative estimate of drug-likeness (QED) is 0.917. The van der Waals surface area contributed by atoms with Crippen molar-refractivity contribution in [1.29, 1.82) is 0 Å². The van der Waals surface area contributed by atoms with Crippen molar-refractivity contribution < 1.29 is 4.79 Å². The van der Waals surface area contributed by atoms with E-state index in [1.165, 1.54) is 24.2 Å². The summed E-state index contributed by atoms with van der Waals surface area (Å²) in [5.41, 5.74) is 2.53. The minimum Gasteiger partial charge on any atom is -0.342 e. The van der Waals surface area contributed by atoms with Gasteiger partial charge in [-0.3, -0.25) is 14.6 Å². The highest BCUT2D eigenvalue weighted by molar-refractivity contribution is 5.83. The van der Waals surface area contributed by atoms with E-state index in [-0.39, 0.29) is 11.3 Å². The molecule has 6 nitrogen and oxygen atoms in total. The maximum absolute atomic E-state index is 13.4. The van der Waals surface area contributed by atoms with Gasteiger partial charge in [0.15, 0.2) is 0 Å². The number of hydrogen-bond acceptors (Lipinski definition) is 3. The molecule has 4 aliphatic rings. The number of amides is 1. The van der Waals surface area contributed by atoms with Crippen LogP contribution in [0.2, 0.25) is 0 Å². The first-order valence-electron chi connectivity index (χ1n) is 9.93. The average Bonchev–Trinajstić information content (AvgIpc) is 3.39. The molecule has 3 heterocycles. The summed E-state index contributed by atoms with van der Waals surface area (Å²) in [5, 5.41) is 11.5. The van der Waals surface area contributed by atoms with E-state index in [0.29, 0.717) is 17.7 Å². The monoisotopic (exact) mass is 353 g/mol. The lowest BCUT2D eigenvalue weighted by Gasteiger charge is -2.49. The zero-order valence-electron chi connectivity index (χ0n) is 15.4. The van der Waals surface area contributed by atoms with Gasteiger partial charge in [0, 0.05) is 49.3 Å². The number of likely N-dealkylation sites (tertiary alicyclic amines) is 1. The van der Waals surface area contributed by atoms with Gasteiger partial charge in [-0.1, -0.05) is 0 Å². The smallest absolute Gasteiger partial charge is 0.226 e. The molecule has 3 saturated carbocycles. The minimum atomic E-state index is 0.0553. The zero-order chi connectivity index (χ0) is 17.7. The molecule has 2 bridgehead atoms. The number of fused-ring (bicyclic) bond motifs is 1. The molecule has 6 rings (SSSR count). The van der Waals surface area contributed by atoms with Gasteiger partial charge in [0.1, 0.15) is 0 Å². The average molecular weight is 353 g/mol. The van der Waals surface area contributed by atoms with Crippen molar-refractivity contribution in [1.82, 2.24) is 24.9 Å². The van der Waals surface area contributed by atoms with Crippen molar-refractivity contribution in [2.45, 2.75) is 43.9 Å². The summed E-state index contributed by atoms with van der Waals surface area (Å²) in [6.07, 6.45) is 10.4. The lowest BCUT2D eigenvalue weighted by Crippen LogP contribution is -2.55. The number of piperidine rings is 1. The molecule has 3 atom stereocenters. The van der Waals surface area contributed by atoms with Crippen LogP contribution in [0.4, 0.5) is 0 Å². The number of rotatable bonds is 4. The first kappa shape index (κ1) is 16.1. The van der Waals surface area contributed by atoms with E-state index in [0.717, 1.165) is 38.8 Å². The van der Waals surface area contributed by atoms with E-state index in [9.17, 15) is 4.79 Å². The summed E-state index contributed by atoms with van der Waals surface area (Å²) < 4.78 is 1.98. The molecule has 1 aliphatic heterocycles. The van der Waals surface area contributed by atoms with Crippen LogP contribution in [-0.2, 0) is 23.7 Å². The van der Waals surface area contributed by atoms with Gasteiger partial charge in [-0.25, -0.2) is 0 Å². The third-order valence-electron chi connectivity index (χ3n) is 7.24. The van der Waals surface area contributed by atoms with Crippen LogP contribution in [0, 0.1) is 17.8 Å². The minimum absolute atomic E-state index is 0.0553. The van der Waals surface area contributed by atoms with E-state index < -0.39 is 0 Å². The first-order chi connectivity index (χ1) is 12.7. The largest absolute Gasteiger partial charge is 0.342 e. The van der Waals surface area contributed by atoms with Gasteiger partial charge in [0.2, 0.25) is 5.91 Å². The molecule has 1 N–H and O–H groups in total. The Hall–Kier alpha value is -2.11. The van der Waals surface area contributed by atoms with Crippen LogP contribution in [0.5, 0.6) is 0 Å². The standard InChI is InChI=1S/C20H27N5O/c1-24-17(4-9-22-24)20-7-2-15(13-20)18(20)19(26)25-10-5-14(6-11-25)12-16-3-8-21-23-16/h3-4,8-9,14-15,18H,2,5-7,10-13H2,1H3,(H,21,23). The number of nitrogens with one attached hydrogen (secondary N) is 1. The number of aryl methyl sites for hydroxylation is 1. The fraction of sp³-hybridized carbons (Fsp3) is 0.650. The molecule has 26 heavy (non-hydrogen) atoms. The maximum atomic E-state index is 13.4. The SMILES string of the molecule is Cn1nccc1C12CCC(C1)C2C(=O)N1CCC(Cc2ccn[nH]2)CC1. The second-order valence-corrected chi connectivity index (χ2v) is 8.53. The van der Waals surface area contributed by atoms with Gasteiger partial charge < -0.3 is 4.90 Å². The number of aromatic nitrogens is 4. The predicted molar refractivity (Wildman–Crippen MR) is 97.3 cm³/mol. The number of carbonyl (C=O) groups is 1. The Morgan fingerprint density at radius 2 is 2.12 bits per heavy atom. The molecular formula is C20H27N5O. The highest BCUT2D eigenvalue weighted by Crippen LogP contribution is 2.64. The number of hydrogen-bond donors (Lipinski definition) is 1. The van der Waals surface area contributed by atoms with Crippen molar-refractivity contribution in [2.75, 3.05) is 13.1 Å². The van der Waals surface area contributed by atoms with Gasteiger partial charge in [0.25, 0.3) is 0 Å². The molecule has 4 fully saturated rings. The summed E-state index contributed by atoms with van der Waals surface area (Å²) >= 11 is 0. The molecule has 2 aromatic heterocycles. The second-order valence-electron chi connectivity index (χ2n) is 8.53. The van der Waals surface area contributed by atoms with Gasteiger partial charge >= 0.3 is 0 Å². The van der Waals surface area contributed by atoms with Gasteiger partial charge in [0.05, 0.1) is 5.92 Å². The Bertz CT molecular complexity index is 785. The Kier molecular flexibility index (Phi) is 3.69. The molecule has 3 aliphatic carbocycles. The predicted octanol–water partition coefficient (Wildman–Crippen LogP) is 2.29. The summed E-state index contributed by atoms with van der Waals surface area (Å²) in [6.45, 7) is 1.81. The number of nitrogens with zero attached hydrogens (tertiary/aromatic N) is 4. The molecule has 0 aromatic carbocycles. The molecule has 3 unspecified atom stereocenters. The normalized spacial score (nSPS) is 31.2. The number of H-pyrrole nitrogens is 1. The summed E-state index contributed by atoms with van der Waals surface area (Å²) in [4.78, 5) is 15.5. The highest BCUT2D eigenvalue weighted by atomic mass is 16.2. The Morgan fingerprint density at radius 3 is 2.77 bits per heavy atom. The number of carbonyl (C=O) groups excluding carboxylic acids is 1. The van der Waals surface area contributed by atoms with Crippen molar-refractivity contribution in [3.8, 4) is 0 Å². The Morgan fingerprint density at radius 1 is 1.27 bits per heavy atom. The van der Waals surface area contributed by atoms with Gasteiger partial charge in [-0.2, -0.15) is 10.2 Å². The molecule has 6 heteroatoms. The van der Waals surface area contributed by atoms with E-state index in [4.69, 9.17) is 0 Å². The van der Waals surface area contributed by atoms with Crippen molar-refractivity contribution in [2.24, 2.45) is 24.8 Å². The van der Waals surface area contributed by atoms with E-state index in [1.807, 2.05) is 24.1 Å². The molecule has 0 spiro atoms. The molecule has 1 saturated heterocycles. The third kappa shape index (κ3) is 2.34. The molecule has 0 radical (unpaired) electrons. The van der Waals surface area contributed by atoms with Crippen molar-refractivity contribution >= 4 is 5.91 Å². The van der Waals surface area contributed by atoms with Crippen molar-refractivity contribution in [3.05, 3.63) is 35.9 Å². The molecule has 138 valence electrons. The van der Waals surface area contributed by atoms with Gasteiger partial charge in [-0.05, 0) is 62.5 Å². The van der Waals surface area contributed by atoms with Crippen molar-refractivity contribution in [3.63, 3.8) is 0 Å². The lowest BCUT2D eigenvalue weighted by molar-refractivity contribution is -0.145. The fourth-order valence-corrected chi connectivity index (χ4v) is 5.93. The summed E-state index contributed by atoms with van der Waals surface area (Å²) in [7, 11) is 2.01. The van der Waals surface area contributed by atoms with Crippen LogP contribution >= 0.6 is 0 Å². The van der Waals surface area contributed by atoms with Crippen LogP contribution in [0.1, 0.15) is 43.5 Å². The topological polar surface area (TPSA) is 66.8 Å². The van der Waals surface area contributed by atoms with Crippen LogP contribution < -0.4 is 0 Å². The zero-order valence-corrected chi connectivity index (χ0v) is 15.4. The first-order valence-corrected chi connectivity index (χ1v) is 9.93. The van der Waals surface area contributed by atoms with Gasteiger partial charge in [-0.15, -0.1) is 0 Å². The van der Waals surface area contributed by atoms with Crippen LogP contribution in [0.15, 0.2) is 24.5 Å². The van der Waals surface area contributed by atoms with E-state index in [1.54, 1.807) is 0 Å². The summed E-state index contributed by atoms with van der Waals surface area (Å²) in [6, 6.07) is 4.18. The molecular weight excluding hydrogens is 326 g/mol. The maximum Gasteiger partial charge on any atom is 0.226 e. The van der Waals surface area contributed by atoms with Crippen LogP contribution in [0.3, 0.4) is 0 Å². The van der Waals surface area contributed by atoms with E-state index >= 15 is 0 Å². The highest BCUT2D eigenvalue weighted by Gasteiger charge is 2.64.